The summed E-state index contributed by atoms with van der Waals surface area (Å²) in [6.45, 7) is 5.12. The monoisotopic (exact) mass is 477 g/mol. The van der Waals surface area contributed by atoms with E-state index in [0.717, 1.165) is 40.5 Å². The molecule has 0 radical (unpaired) electrons. The molecule has 0 saturated carbocycles. The average molecular weight is 478 g/mol. The number of hydrogen-bond donors (Lipinski definition) is 1. The SMILES string of the molecule is Cc1nc2cc(NC(=O)c3ccc(-c4ccccc4)c(CN4CCCCC4)c3)ccc2s1.Cl. The lowest BCUT2D eigenvalue weighted by molar-refractivity contribution is 0.102. The predicted molar refractivity (Wildman–Crippen MR) is 141 cm³/mol. The van der Waals surface area contributed by atoms with Gasteiger partial charge in [-0.25, -0.2) is 4.98 Å². The maximum absolute atomic E-state index is 13.1. The lowest BCUT2D eigenvalue weighted by atomic mass is 9.96. The molecule has 1 aromatic heterocycles. The van der Waals surface area contributed by atoms with Gasteiger partial charge < -0.3 is 5.32 Å². The number of amides is 1. The van der Waals surface area contributed by atoms with E-state index in [2.05, 4.69) is 51.6 Å². The van der Waals surface area contributed by atoms with Crippen molar-refractivity contribution in [2.24, 2.45) is 0 Å². The second-order valence-corrected chi connectivity index (χ2v) is 9.68. The van der Waals surface area contributed by atoms with E-state index in [1.54, 1.807) is 11.3 Å². The second kappa shape index (κ2) is 10.5. The van der Waals surface area contributed by atoms with Gasteiger partial charge in [-0.05, 0) is 79.9 Å². The van der Waals surface area contributed by atoms with Crippen molar-refractivity contribution in [2.75, 3.05) is 18.4 Å². The molecule has 1 aliphatic rings. The van der Waals surface area contributed by atoms with E-state index in [4.69, 9.17) is 0 Å². The van der Waals surface area contributed by atoms with Gasteiger partial charge in [0.1, 0.15) is 0 Å². The molecule has 3 aromatic carbocycles. The number of nitrogens with one attached hydrogen (secondary N) is 1. The molecule has 4 nitrogen and oxygen atoms in total. The van der Waals surface area contributed by atoms with Crippen LogP contribution < -0.4 is 5.32 Å². The first-order valence-corrected chi connectivity index (χ1v) is 12.1. The van der Waals surface area contributed by atoms with Crippen LogP contribution in [0.15, 0.2) is 66.7 Å². The van der Waals surface area contributed by atoms with Crippen molar-refractivity contribution in [3.8, 4) is 11.1 Å². The fraction of sp³-hybridized carbons (Fsp3) is 0.259. The first-order chi connectivity index (χ1) is 15.7. The van der Waals surface area contributed by atoms with E-state index in [0.29, 0.717) is 5.56 Å². The number of rotatable bonds is 5. The minimum absolute atomic E-state index is 0. The van der Waals surface area contributed by atoms with Crippen molar-refractivity contribution in [3.05, 3.63) is 82.9 Å². The van der Waals surface area contributed by atoms with Crippen LogP contribution in [-0.4, -0.2) is 28.9 Å². The third-order valence-electron chi connectivity index (χ3n) is 6.05. The van der Waals surface area contributed by atoms with Crippen LogP contribution >= 0.6 is 23.7 Å². The number of likely N-dealkylation sites (tertiary alicyclic amines) is 1. The van der Waals surface area contributed by atoms with Gasteiger partial charge in [0.15, 0.2) is 0 Å². The second-order valence-electron chi connectivity index (χ2n) is 8.44. The number of aromatic nitrogens is 1. The normalized spacial score (nSPS) is 14.1. The maximum atomic E-state index is 13.1. The van der Waals surface area contributed by atoms with Gasteiger partial charge in [-0.1, -0.05) is 42.8 Å². The summed E-state index contributed by atoms with van der Waals surface area (Å²) in [6.07, 6.45) is 3.81. The molecule has 1 N–H and O–H groups in total. The van der Waals surface area contributed by atoms with Gasteiger partial charge in [0.25, 0.3) is 5.91 Å². The fourth-order valence-corrected chi connectivity index (χ4v) is 5.25. The Labute approximate surface area is 205 Å². The number of nitrogens with zero attached hydrogens (tertiary/aromatic N) is 2. The number of carbonyl (C=O) groups is 1. The Bertz CT molecular complexity index is 1250. The van der Waals surface area contributed by atoms with Gasteiger partial charge in [0, 0.05) is 17.8 Å². The number of fused-ring (bicyclic) bond motifs is 1. The summed E-state index contributed by atoms with van der Waals surface area (Å²) in [5, 5.41) is 4.09. The van der Waals surface area contributed by atoms with Crippen LogP contribution in [0.2, 0.25) is 0 Å². The van der Waals surface area contributed by atoms with E-state index >= 15 is 0 Å². The molecule has 1 saturated heterocycles. The third-order valence-corrected chi connectivity index (χ3v) is 7.00. The predicted octanol–water partition coefficient (Wildman–Crippen LogP) is 6.93. The number of carbonyl (C=O) groups excluding carboxylic acids is 1. The Balaban J connectivity index is 0.00000259. The van der Waals surface area contributed by atoms with Gasteiger partial charge in [0.05, 0.1) is 15.2 Å². The summed E-state index contributed by atoms with van der Waals surface area (Å²) in [6, 6.07) is 22.5. The highest BCUT2D eigenvalue weighted by Crippen LogP contribution is 2.28. The van der Waals surface area contributed by atoms with Crippen molar-refractivity contribution in [3.63, 3.8) is 0 Å². The Morgan fingerprint density at radius 2 is 1.79 bits per heavy atom. The van der Waals surface area contributed by atoms with Crippen LogP contribution in [0.25, 0.3) is 21.3 Å². The summed E-state index contributed by atoms with van der Waals surface area (Å²) in [7, 11) is 0. The summed E-state index contributed by atoms with van der Waals surface area (Å²) >= 11 is 1.67. The highest BCUT2D eigenvalue weighted by atomic mass is 35.5. The topological polar surface area (TPSA) is 45.2 Å². The molecule has 2 heterocycles. The summed E-state index contributed by atoms with van der Waals surface area (Å²) in [5.41, 5.74) is 5.98. The molecule has 0 aliphatic carbocycles. The zero-order chi connectivity index (χ0) is 21.9. The number of anilines is 1. The standard InChI is InChI=1S/C27H27N3OS.ClH/c1-19-28-25-17-23(11-13-26(25)32-19)29-27(31)21-10-12-24(20-8-4-2-5-9-20)22(16-21)18-30-14-6-3-7-15-30;/h2,4-5,8-13,16-17H,3,6-7,14-15,18H2,1H3,(H,29,31);1H. The van der Waals surface area contributed by atoms with Gasteiger partial charge in [0.2, 0.25) is 0 Å². The van der Waals surface area contributed by atoms with E-state index in [-0.39, 0.29) is 18.3 Å². The van der Waals surface area contributed by atoms with Crippen LogP contribution in [0.5, 0.6) is 0 Å². The first-order valence-electron chi connectivity index (χ1n) is 11.2. The highest BCUT2D eigenvalue weighted by Gasteiger charge is 2.16. The summed E-state index contributed by atoms with van der Waals surface area (Å²) in [4.78, 5) is 20.2. The molecule has 5 rings (SSSR count). The van der Waals surface area contributed by atoms with Crippen LogP contribution in [0.1, 0.15) is 40.2 Å². The smallest absolute Gasteiger partial charge is 0.255 e. The largest absolute Gasteiger partial charge is 0.322 e. The summed E-state index contributed by atoms with van der Waals surface area (Å²) < 4.78 is 1.14. The fourth-order valence-electron chi connectivity index (χ4n) is 4.45. The third kappa shape index (κ3) is 5.44. The molecule has 0 bridgehead atoms. The molecule has 1 amide bonds. The minimum atomic E-state index is -0.0872. The van der Waals surface area contributed by atoms with E-state index < -0.39 is 0 Å². The number of thiazole rings is 1. The van der Waals surface area contributed by atoms with Crippen molar-refractivity contribution in [1.29, 1.82) is 0 Å². The van der Waals surface area contributed by atoms with Crippen LogP contribution in [0.3, 0.4) is 0 Å². The molecule has 0 unspecified atom stereocenters. The molecule has 170 valence electrons. The molecule has 6 heteroatoms. The van der Waals surface area contributed by atoms with Gasteiger partial charge in [-0.3, -0.25) is 9.69 Å². The highest BCUT2D eigenvalue weighted by molar-refractivity contribution is 7.18. The Morgan fingerprint density at radius 3 is 2.58 bits per heavy atom. The molecule has 1 aliphatic heterocycles. The molecule has 0 atom stereocenters. The number of hydrogen-bond acceptors (Lipinski definition) is 4. The number of halogens is 1. The minimum Gasteiger partial charge on any atom is -0.322 e. The first kappa shape index (κ1) is 23.4. The van der Waals surface area contributed by atoms with Crippen molar-refractivity contribution in [2.45, 2.75) is 32.7 Å². The molecular weight excluding hydrogens is 450 g/mol. The van der Waals surface area contributed by atoms with Gasteiger partial charge >= 0.3 is 0 Å². The van der Waals surface area contributed by atoms with E-state index in [1.807, 2.05) is 37.3 Å². The van der Waals surface area contributed by atoms with Crippen LogP contribution in [0.4, 0.5) is 5.69 Å². The zero-order valence-corrected chi connectivity index (χ0v) is 20.3. The van der Waals surface area contributed by atoms with E-state index in [1.165, 1.54) is 36.0 Å². The number of aryl methyl sites for hydroxylation is 1. The Hall–Kier alpha value is -2.73. The molecular formula is C27H28ClN3OS. The van der Waals surface area contributed by atoms with Crippen LogP contribution in [-0.2, 0) is 6.54 Å². The Morgan fingerprint density at radius 1 is 1.00 bits per heavy atom. The lowest BCUT2D eigenvalue weighted by Gasteiger charge is -2.27. The van der Waals surface area contributed by atoms with Crippen LogP contribution in [0, 0.1) is 6.92 Å². The molecule has 4 aromatic rings. The summed E-state index contributed by atoms with van der Waals surface area (Å²) in [5.74, 6) is -0.0872. The Kier molecular flexibility index (Phi) is 7.43. The zero-order valence-electron chi connectivity index (χ0n) is 18.7. The molecule has 1 fully saturated rings. The number of benzene rings is 3. The number of piperidine rings is 1. The molecule has 33 heavy (non-hydrogen) atoms. The maximum Gasteiger partial charge on any atom is 0.255 e. The molecule has 0 spiro atoms. The quantitative estimate of drug-likeness (QED) is 0.339. The van der Waals surface area contributed by atoms with Crippen molar-refractivity contribution >= 4 is 45.6 Å². The van der Waals surface area contributed by atoms with E-state index in [9.17, 15) is 4.79 Å². The van der Waals surface area contributed by atoms with Crippen molar-refractivity contribution < 1.29 is 4.79 Å². The van der Waals surface area contributed by atoms with Gasteiger partial charge in [-0.2, -0.15) is 0 Å². The average Bonchev–Trinajstić information content (AvgIpc) is 3.19. The van der Waals surface area contributed by atoms with Crippen molar-refractivity contribution in [1.82, 2.24) is 9.88 Å². The lowest BCUT2D eigenvalue weighted by Crippen LogP contribution is -2.29. The van der Waals surface area contributed by atoms with Gasteiger partial charge in [-0.15, -0.1) is 23.7 Å².